The molecule has 1 rings (SSSR count). The molecule has 16 heavy (non-hydrogen) atoms. The Morgan fingerprint density at radius 3 is 2.50 bits per heavy atom. The third kappa shape index (κ3) is 4.84. The predicted molar refractivity (Wildman–Crippen MR) is 69.7 cm³/mol. The van der Waals surface area contributed by atoms with Crippen LogP contribution in [-0.2, 0) is 4.74 Å². The molecule has 0 aliphatic carbocycles. The lowest BCUT2D eigenvalue weighted by Crippen LogP contribution is -2.33. The van der Waals surface area contributed by atoms with Gasteiger partial charge in [-0.15, -0.1) is 0 Å². The highest BCUT2D eigenvalue weighted by Gasteiger charge is 2.21. The summed E-state index contributed by atoms with van der Waals surface area (Å²) in [6.07, 6.45) is 6.56. The fraction of sp³-hybridized carbons (Fsp3) is 1.00. The Kier molecular flexibility index (Phi) is 7.06. The average Bonchev–Trinajstić information content (AvgIpc) is 2.78. The quantitative estimate of drug-likeness (QED) is 0.687. The Labute approximate surface area is 101 Å². The van der Waals surface area contributed by atoms with Gasteiger partial charge in [0.1, 0.15) is 0 Å². The van der Waals surface area contributed by atoms with Crippen LogP contribution in [-0.4, -0.2) is 25.8 Å². The van der Waals surface area contributed by atoms with E-state index in [0.717, 1.165) is 31.6 Å². The second-order valence-corrected chi connectivity index (χ2v) is 5.14. The van der Waals surface area contributed by atoms with E-state index in [1.165, 1.54) is 32.1 Å². The van der Waals surface area contributed by atoms with Gasteiger partial charge in [-0.1, -0.05) is 33.6 Å². The summed E-state index contributed by atoms with van der Waals surface area (Å²) in [5.74, 6) is 1.70. The van der Waals surface area contributed by atoms with Crippen molar-refractivity contribution >= 4 is 0 Å². The van der Waals surface area contributed by atoms with Gasteiger partial charge in [-0.05, 0) is 37.6 Å². The SMILES string of the molecule is CCNC(CC(CC)CC)CC1CCOC1. The summed E-state index contributed by atoms with van der Waals surface area (Å²) in [5.41, 5.74) is 0. The number of hydrogen-bond acceptors (Lipinski definition) is 2. The number of nitrogens with one attached hydrogen (secondary N) is 1. The molecule has 2 heteroatoms. The fourth-order valence-electron chi connectivity index (χ4n) is 2.75. The van der Waals surface area contributed by atoms with Gasteiger partial charge in [-0.2, -0.15) is 0 Å². The van der Waals surface area contributed by atoms with E-state index in [-0.39, 0.29) is 0 Å². The molecular formula is C14H29NO. The third-order valence-electron chi connectivity index (χ3n) is 3.91. The lowest BCUT2D eigenvalue weighted by Gasteiger charge is -2.24. The highest BCUT2D eigenvalue weighted by Crippen LogP contribution is 2.23. The highest BCUT2D eigenvalue weighted by molar-refractivity contribution is 4.76. The number of ether oxygens (including phenoxy) is 1. The molecule has 0 aromatic carbocycles. The summed E-state index contributed by atoms with van der Waals surface area (Å²) in [7, 11) is 0. The zero-order valence-electron chi connectivity index (χ0n) is 11.3. The Morgan fingerprint density at radius 1 is 1.25 bits per heavy atom. The smallest absolute Gasteiger partial charge is 0.0495 e. The Hall–Kier alpha value is -0.0800. The van der Waals surface area contributed by atoms with E-state index in [2.05, 4.69) is 26.1 Å². The number of rotatable bonds is 8. The minimum absolute atomic E-state index is 0.710. The van der Waals surface area contributed by atoms with E-state index in [4.69, 9.17) is 4.74 Å². The van der Waals surface area contributed by atoms with E-state index in [1.54, 1.807) is 0 Å². The molecule has 1 aliphatic rings. The summed E-state index contributed by atoms with van der Waals surface area (Å²) in [4.78, 5) is 0. The van der Waals surface area contributed by atoms with Crippen LogP contribution >= 0.6 is 0 Å². The molecule has 2 unspecified atom stereocenters. The maximum absolute atomic E-state index is 5.47. The van der Waals surface area contributed by atoms with E-state index in [1.807, 2.05) is 0 Å². The van der Waals surface area contributed by atoms with Crippen LogP contribution < -0.4 is 5.32 Å². The first-order valence-electron chi connectivity index (χ1n) is 7.11. The zero-order chi connectivity index (χ0) is 11.8. The molecular weight excluding hydrogens is 198 g/mol. The van der Waals surface area contributed by atoms with Gasteiger partial charge in [0.2, 0.25) is 0 Å². The Bertz CT molecular complexity index is 158. The van der Waals surface area contributed by atoms with Gasteiger partial charge in [0.05, 0.1) is 0 Å². The van der Waals surface area contributed by atoms with Crippen molar-refractivity contribution in [1.82, 2.24) is 5.32 Å². The maximum Gasteiger partial charge on any atom is 0.0495 e. The largest absolute Gasteiger partial charge is 0.381 e. The standard InChI is InChI=1S/C14H29NO/c1-4-12(5-2)9-14(15-6-3)10-13-7-8-16-11-13/h12-15H,4-11H2,1-3H3. The molecule has 0 aromatic rings. The van der Waals surface area contributed by atoms with E-state index in [9.17, 15) is 0 Å². The molecule has 1 N–H and O–H groups in total. The Balaban J connectivity index is 2.32. The van der Waals surface area contributed by atoms with Crippen LogP contribution in [0.4, 0.5) is 0 Å². The van der Waals surface area contributed by atoms with Crippen molar-refractivity contribution < 1.29 is 4.74 Å². The molecule has 0 radical (unpaired) electrons. The minimum atomic E-state index is 0.710. The molecule has 1 heterocycles. The predicted octanol–water partition coefficient (Wildman–Crippen LogP) is 3.22. The van der Waals surface area contributed by atoms with Crippen LogP contribution in [0.1, 0.15) is 52.9 Å². The summed E-state index contributed by atoms with van der Waals surface area (Å²) in [5, 5.41) is 3.65. The van der Waals surface area contributed by atoms with Crippen LogP contribution in [0.5, 0.6) is 0 Å². The van der Waals surface area contributed by atoms with Gasteiger partial charge < -0.3 is 10.1 Å². The van der Waals surface area contributed by atoms with Crippen LogP contribution in [0.25, 0.3) is 0 Å². The summed E-state index contributed by atoms with van der Waals surface area (Å²) in [6.45, 7) is 9.91. The first kappa shape index (κ1) is 14.0. The van der Waals surface area contributed by atoms with Crippen LogP contribution in [0.2, 0.25) is 0 Å². The zero-order valence-corrected chi connectivity index (χ0v) is 11.3. The maximum atomic E-state index is 5.47. The monoisotopic (exact) mass is 227 g/mol. The average molecular weight is 227 g/mol. The van der Waals surface area contributed by atoms with E-state index < -0.39 is 0 Å². The van der Waals surface area contributed by atoms with Crippen molar-refractivity contribution in [3.05, 3.63) is 0 Å². The van der Waals surface area contributed by atoms with Crippen LogP contribution in [0.3, 0.4) is 0 Å². The van der Waals surface area contributed by atoms with Gasteiger partial charge in [0, 0.05) is 19.3 Å². The van der Waals surface area contributed by atoms with E-state index in [0.29, 0.717) is 6.04 Å². The second kappa shape index (κ2) is 8.08. The summed E-state index contributed by atoms with van der Waals surface area (Å²) in [6, 6.07) is 0.710. The normalized spacial score (nSPS) is 22.9. The molecule has 2 atom stereocenters. The fourth-order valence-corrected chi connectivity index (χ4v) is 2.75. The van der Waals surface area contributed by atoms with Crippen molar-refractivity contribution in [1.29, 1.82) is 0 Å². The van der Waals surface area contributed by atoms with Gasteiger partial charge in [-0.25, -0.2) is 0 Å². The van der Waals surface area contributed by atoms with Crippen molar-refractivity contribution in [3.8, 4) is 0 Å². The molecule has 0 saturated carbocycles. The molecule has 0 amide bonds. The lowest BCUT2D eigenvalue weighted by atomic mass is 9.89. The Morgan fingerprint density at radius 2 is 2.00 bits per heavy atom. The number of hydrogen-bond donors (Lipinski definition) is 1. The second-order valence-electron chi connectivity index (χ2n) is 5.14. The molecule has 96 valence electrons. The van der Waals surface area contributed by atoms with Crippen LogP contribution in [0, 0.1) is 11.8 Å². The molecule has 2 nitrogen and oxygen atoms in total. The van der Waals surface area contributed by atoms with Gasteiger partial charge in [0.15, 0.2) is 0 Å². The third-order valence-corrected chi connectivity index (χ3v) is 3.91. The lowest BCUT2D eigenvalue weighted by molar-refractivity contribution is 0.179. The molecule has 0 bridgehead atoms. The first-order valence-corrected chi connectivity index (χ1v) is 7.11. The molecule has 0 spiro atoms. The summed E-state index contributed by atoms with van der Waals surface area (Å²) < 4.78 is 5.47. The summed E-state index contributed by atoms with van der Waals surface area (Å²) >= 11 is 0. The molecule has 1 fully saturated rings. The van der Waals surface area contributed by atoms with Crippen molar-refractivity contribution in [2.24, 2.45) is 11.8 Å². The first-order chi connectivity index (χ1) is 7.80. The van der Waals surface area contributed by atoms with Gasteiger partial charge >= 0.3 is 0 Å². The molecule has 0 aromatic heterocycles. The minimum Gasteiger partial charge on any atom is -0.381 e. The van der Waals surface area contributed by atoms with Crippen molar-refractivity contribution in [3.63, 3.8) is 0 Å². The van der Waals surface area contributed by atoms with Crippen LogP contribution in [0.15, 0.2) is 0 Å². The van der Waals surface area contributed by atoms with Crippen molar-refractivity contribution in [2.75, 3.05) is 19.8 Å². The van der Waals surface area contributed by atoms with Gasteiger partial charge in [0.25, 0.3) is 0 Å². The van der Waals surface area contributed by atoms with Crippen molar-refractivity contribution in [2.45, 2.75) is 58.9 Å². The van der Waals surface area contributed by atoms with E-state index >= 15 is 0 Å². The molecule has 1 aliphatic heterocycles. The van der Waals surface area contributed by atoms with Gasteiger partial charge in [-0.3, -0.25) is 0 Å². The highest BCUT2D eigenvalue weighted by atomic mass is 16.5. The topological polar surface area (TPSA) is 21.3 Å². The molecule has 1 saturated heterocycles.